The summed E-state index contributed by atoms with van der Waals surface area (Å²) in [5.74, 6) is -0.0364. The summed E-state index contributed by atoms with van der Waals surface area (Å²) in [4.78, 5) is 30.5. The van der Waals surface area contributed by atoms with E-state index in [1.807, 2.05) is 12.1 Å². The summed E-state index contributed by atoms with van der Waals surface area (Å²) >= 11 is 7.32. The molecule has 110 valence electrons. The number of benzene rings is 1. The summed E-state index contributed by atoms with van der Waals surface area (Å²) in [7, 11) is 0. The van der Waals surface area contributed by atoms with Gasteiger partial charge in [0.1, 0.15) is 5.82 Å². The van der Waals surface area contributed by atoms with Crippen molar-refractivity contribution in [2.24, 2.45) is 0 Å². The fraction of sp³-hybridized carbons (Fsp3) is 0.214. The predicted molar refractivity (Wildman–Crippen MR) is 81.9 cm³/mol. The van der Waals surface area contributed by atoms with Gasteiger partial charge in [0.25, 0.3) is 5.56 Å². The number of aromatic amines is 1. The van der Waals surface area contributed by atoms with Gasteiger partial charge in [-0.05, 0) is 31.2 Å². The van der Waals surface area contributed by atoms with Gasteiger partial charge in [0.05, 0.1) is 12.2 Å². The normalized spacial score (nSPS) is 10.6. The first kappa shape index (κ1) is 15.6. The monoisotopic (exact) mass is 324 g/mol. The Kier molecular flexibility index (Phi) is 5.03. The molecule has 2 aromatic rings. The van der Waals surface area contributed by atoms with Gasteiger partial charge in [0.15, 0.2) is 0 Å². The molecule has 5 nitrogen and oxygen atoms in total. The van der Waals surface area contributed by atoms with Crippen LogP contribution in [0.2, 0.25) is 5.02 Å². The summed E-state index contributed by atoms with van der Waals surface area (Å²) in [5.41, 5.74) is 0.257. The highest BCUT2D eigenvalue weighted by atomic mass is 35.5. The van der Waals surface area contributed by atoms with Crippen LogP contribution >= 0.6 is 23.4 Å². The van der Waals surface area contributed by atoms with Crippen LogP contribution in [0.25, 0.3) is 0 Å². The Hall–Kier alpha value is -1.79. The van der Waals surface area contributed by atoms with Crippen LogP contribution in [0.1, 0.15) is 17.1 Å². The number of thioether (sulfide) groups is 1. The molecule has 1 aromatic carbocycles. The second kappa shape index (κ2) is 6.78. The van der Waals surface area contributed by atoms with Crippen LogP contribution in [0.3, 0.4) is 0 Å². The third-order valence-corrected chi connectivity index (χ3v) is 4.06. The molecule has 0 fully saturated rings. The fourth-order valence-corrected chi connectivity index (χ4v) is 2.67. The summed E-state index contributed by atoms with van der Waals surface area (Å²) in [5, 5.41) is 9.43. The maximum Gasteiger partial charge on any atom is 0.308 e. The predicted octanol–water partition coefficient (Wildman–Crippen LogP) is 2.65. The lowest BCUT2D eigenvalue weighted by Crippen LogP contribution is -2.21. The number of rotatable bonds is 5. The largest absolute Gasteiger partial charge is 0.481 e. The topological polar surface area (TPSA) is 83.0 Å². The molecule has 0 aliphatic rings. The van der Waals surface area contributed by atoms with Crippen molar-refractivity contribution in [3.05, 3.63) is 56.7 Å². The lowest BCUT2D eigenvalue weighted by Gasteiger charge is -2.06. The maximum absolute atomic E-state index is 11.9. The first-order valence-corrected chi connectivity index (χ1v) is 7.51. The molecular weight excluding hydrogens is 312 g/mol. The molecule has 0 saturated carbocycles. The molecule has 0 saturated heterocycles. The van der Waals surface area contributed by atoms with Gasteiger partial charge in [-0.1, -0.05) is 11.6 Å². The number of carbonyl (C=O) groups is 1. The minimum absolute atomic E-state index is 0.197. The second-order valence-corrected chi connectivity index (χ2v) is 5.87. The zero-order valence-electron chi connectivity index (χ0n) is 11.2. The van der Waals surface area contributed by atoms with Crippen LogP contribution in [-0.4, -0.2) is 21.0 Å². The third kappa shape index (κ3) is 4.34. The molecular formula is C14H13ClN2O3S. The van der Waals surface area contributed by atoms with E-state index in [2.05, 4.69) is 9.97 Å². The molecule has 1 aromatic heterocycles. The van der Waals surface area contributed by atoms with Crippen LogP contribution in [0.4, 0.5) is 0 Å². The molecule has 2 N–H and O–H groups in total. The summed E-state index contributed by atoms with van der Waals surface area (Å²) in [6.07, 6.45) is -0.321. The first-order valence-electron chi connectivity index (χ1n) is 6.14. The Morgan fingerprint density at radius 1 is 1.38 bits per heavy atom. The maximum atomic E-state index is 11.9. The van der Waals surface area contributed by atoms with Gasteiger partial charge in [-0.2, -0.15) is 0 Å². The number of aromatic nitrogens is 2. The van der Waals surface area contributed by atoms with Gasteiger partial charge >= 0.3 is 5.97 Å². The number of H-pyrrole nitrogens is 1. The van der Waals surface area contributed by atoms with E-state index >= 15 is 0 Å². The first-order chi connectivity index (χ1) is 9.95. The van der Waals surface area contributed by atoms with Crippen LogP contribution in [0.5, 0.6) is 0 Å². The Morgan fingerprint density at radius 3 is 2.62 bits per heavy atom. The Labute approximate surface area is 130 Å². The van der Waals surface area contributed by atoms with Crippen molar-refractivity contribution < 1.29 is 9.90 Å². The smallest absolute Gasteiger partial charge is 0.308 e. The molecule has 1 heterocycles. The lowest BCUT2D eigenvalue weighted by molar-refractivity contribution is -0.136. The van der Waals surface area contributed by atoms with Gasteiger partial charge < -0.3 is 10.1 Å². The molecule has 0 amide bonds. The summed E-state index contributed by atoms with van der Waals surface area (Å²) < 4.78 is 0. The van der Waals surface area contributed by atoms with Gasteiger partial charge in [0, 0.05) is 21.2 Å². The number of nitrogens with zero attached hydrogens (tertiary/aromatic N) is 1. The van der Waals surface area contributed by atoms with Crippen molar-refractivity contribution in [3.63, 3.8) is 0 Å². The summed E-state index contributed by atoms with van der Waals surface area (Å²) in [6.45, 7) is 1.64. The minimum Gasteiger partial charge on any atom is -0.481 e. The number of nitrogens with one attached hydrogen (secondary N) is 1. The fourth-order valence-electron chi connectivity index (χ4n) is 1.78. The van der Waals surface area contributed by atoms with E-state index in [0.717, 1.165) is 4.90 Å². The number of hydrogen-bond donors (Lipinski definition) is 2. The highest BCUT2D eigenvalue weighted by Crippen LogP contribution is 2.22. The Morgan fingerprint density at radius 2 is 2.05 bits per heavy atom. The lowest BCUT2D eigenvalue weighted by atomic mass is 10.2. The molecule has 2 rings (SSSR count). The number of aryl methyl sites for hydroxylation is 1. The van der Waals surface area contributed by atoms with E-state index < -0.39 is 11.5 Å². The van der Waals surface area contributed by atoms with Crippen LogP contribution in [-0.2, 0) is 17.0 Å². The van der Waals surface area contributed by atoms with Crippen molar-refractivity contribution in [3.8, 4) is 0 Å². The molecule has 0 unspecified atom stereocenters. The zero-order valence-corrected chi connectivity index (χ0v) is 12.8. The molecule has 0 aliphatic carbocycles. The standard InChI is InChI=1S/C14H13ClN2O3S/c1-8-11(6-13(18)19)14(20)17-12(16-8)7-21-10-4-2-9(15)3-5-10/h2-5H,6-7H2,1H3,(H,18,19)(H,16,17,20). The van der Waals surface area contributed by atoms with Gasteiger partial charge in [0.2, 0.25) is 0 Å². The minimum atomic E-state index is -1.05. The third-order valence-electron chi connectivity index (χ3n) is 2.79. The van der Waals surface area contributed by atoms with Crippen molar-refractivity contribution in [1.29, 1.82) is 0 Å². The van der Waals surface area contributed by atoms with E-state index in [9.17, 15) is 9.59 Å². The van der Waals surface area contributed by atoms with E-state index in [4.69, 9.17) is 16.7 Å². The van der Waals surface area contributed by atoms with E-state index in [-0.39, 0.29) is 12.0 Å². The van der Waals surface area contributed by atoms with Gasteiger partial charge in [-0.25, -0.2) is 4.98 Å². The van der Waals surface area contributed by atoms with Crippen molar-refractivity contribution in [1.82, 2.24) is 9.97 Å². The number of hydrogen-bond acceptors (Lipinski definition) is 4. The van der Waals surface area contributed by atoms with Crippen LogP contribution in [0, 0.1) is 6.92 Å². The molecule has 0 atom stereocenters. The number of halogens is 1. The van der Waals surface area contributed by atoms with E-state index in [1.165, 1.54) is 11.8 Å². The van der Waals surface area contributed by atoms with Crippen molar-refractivity contribution in [2.45, 2.75) is 24.0 Å². The molecule has 0 spiro atoms. The Balaban J connectivity index is 2.12. The number of carboxylic acid groups (broad SMARTS) is 1. The zero-order chi connectivity index (χ0) is 15.4. The van der Waals surface area contributed by atoms with Crippen molar-refractivity contribution in [2.75, 3.05) is 0 Å². The van der Waals surface area contributed by atoms with Gasteiger partial charge in [-0.3, -0.25) is 9.59 Å². The Bertz CT molecular complexity index is 713. The number of carboxylic acids is 1. The van der Waals surface area contributed by atoms with Crippen LogP contribution < -0.4 is 5.56 Å². The highest BCUT2D eigenvalue weighted by Gasteiger charge is 2.11. The SMILES string of the molecule is Cc1nc(CSc2ccc(Cl)cc2)[nH]c(=O)c1CC(=O)O. The van der Waals surface area contributed by atoms with Crippen LogP contribution in [0.15, 0.2) is 34.0 Å². The molecule has 0 bridgehead atoms. The molecule has 0 aliphatic heterocycles. The van der Waals surface area contributed by atoms with E-state index in [1.54, 1.807) is 19.1 Å². The van der Waals surface area contributed by atoms with Crippen molar-refractivity contribution >= 4 is 29.3 Å². The van der Waals surface area contributed by atoms with E-state index in [0.29, 0.717) is 22.3 Å². The number of aliphatic carboxylic acids is 1. The molecule has 0 radical (unpaired) electrons. The molecule has 21 heavy (non-hydrogen) atoms. The average molecular weight is 325 g/mol. The highest BCUT2D eigenvalue weighted by molar-refractivity contribution is 7.98. The van der Waals surface area contributed by atoms with Gasteiger partial charge in [-0.15, -0.1) is 11.8 Å². The molecule has 7 heteroatoms. The second-order valence-electron chi connectivity index (χ2n) is 4.39. The average Bonchev–Trinajstić information content (AvgIpc) is 2.42. The quantitative estimate of drug-likeness (QED) is 0.826. The summed E-state index contributed by atoms with van der Waals surface area (Å²) in [6, 6.07) is 7.36.